The number of nitrogen functional groups attached to an aromatic ring is 1. The molecule has 7 heteroatoms. The molecule has 24 heavy (non-hydrogen) atoms. The number of nitrogens with two attached hydrogens (primary N) is 1. The molecule has 1 aliphatic rings. The SMILES string of the molecule is BN1C[C@H](O[Si](C)(C)C(C)(C)C)C[C@H]1COc1ccc(N)cc1F. The van der Waals surface area contributed by atoms with E-state index < -0.39 is 14.1 Å². The maximum absolute atomic E-state index is 13.8. The van der Waals surface area contributed by atoms with Crippen LogP contribution in [0.3, 0.4) is 0 Å². The summed E-state index contributed by atoms with van der Waals surface area (Å²) in [6.45, 7) is 12.7. The first-order valence-corrected chi connectivity index (χ1v) is 11.5. The summed E-state index contributed by atoms with van der Waals surface area (Å²) in [5, 5.41) is 0.202. The Labute approximate surface area is 147 Å². The third-order valence-electron chi connectivity index (χ3n) is 5.30. The number of halogens is 1. The number of anilines is 1. The second kappa shape index (κ2) is 7.06. The van der Waals surface area contributed by atoms with Gasteiger partial charge in [-0.05, 0) is 36.7 Å². The van der Waals surface area contributed by atoms with Gasteiger partial charge in [-0.25, -0.2) is 4.39 Å². The van der Waals surface area contributed by atoms with E-state index in [1.807, 2.05) is 0 Å². The lowest BCUT2D eigenvalue weighted by Crippen LogP contribution is -2.44. The summed E-state index contributed by atoms with van der Waals surface area (Å²) in [7, 11) is 0.299. The van der Waals surface area contributed by atoms with Crippen LogP contribution in [0.25, 0.3) is 0 Å². The van der Waals surface area contributed by atoms with E-state index in [2.05, 4.69) is 46.7 Å². The molecule has 2 atom stereocenters. The van der Waals surface area contributed by atoms with Crippen molar-refractivity contribution in [1.82, 2.24) is 4.81 Å². The highest BCUT2D eigenvalue weighted by molar-refractivity contribution is 6.74. The van der Waals surface area contributed by atoms with Crippen molar-refractivity contribution in [1.29, 1.82) is 0 Å². The third kappa shape index (κ3) is 4.52. The minimum absolute atomic E-state index is 0.202. The molecular formula is C17H30BFN2O2Si. The van der Waals surface area contributed by atoms with Crippen molar-refractivity contribution in [2.75, 3.05) is 18.9 Å². The Kier molecular flexibility index (Phi) is 5.67. The van der Waals surface area contributed by atoms with Crippen LogP contribution in [0.4, 0.5) is 10.1 Å². The lowest BCUT2D eigenvalue weighted by Gasteiger charge is -2.38. The molecule has 1 heterocycles. The molecular weight excluding hydrogens is 322 g/mol. The van der Waals surface area contributed by atoms with Gasteiger partial charge in [0.05, 0.1) is 6.10 Å². The Bertz CT molecular complexity index is 580. The molecule has 0 aliphatic carbocycles. The number of ether oxygens (including phenoxy) is 1. The molecule has 0 amide bonds. The largest absolute Gasteiger partial charge is 0.489 e. The van der Waals surface area contributed by atoms with Crippen LogP contribution in [0.5, 0.6) is 5.75 Å². The van der Waals surface area contributed by atoms with E-state index in [4.69, 9.17) is 14.9 Å². The molecule has 0 radical (unpaired) electrons. The number of rotatable bonds is 5. The molecule has 1 saturated heterocycles. The van der Waals surface area contributed by atoms with Crippen LogP contribution in [0.1, 0.15) is 27.2 Å². The fourth-order valence-electron chi connectivity index (χ4n) is 2.72. The Balaban J connectivity index is 1.92. The highest BCUT2D eigenvalue weighted by atomic mass is 28.4. The normalized spacial score (nSPS) is 22.8. The molecule has 1 aromatic rings. The van der Waals surface area contributed by atoms with Crippen LogP contribution in [0.15, 0.2) is 18.2 Å². The van der Waals surface area contributed by atoms with Crippen molar-refractivity contribution < 1.29 is 13.6 Å². The molecule has 2 N–H and O–H groups in total. The zero-order valence-corrected chi connectivity index (χ0v) is 16.7. The molecule has 0 saturated carbocycles. The summed E-state index contributed by atoms with van der Waals surface area (Å²) in [6.07, 6.45) is 1.14. The molecule has 1 aromatic carbocycles. The summed E-state index contributed by atoms with van der Waals surface area (Å²) >= 11 is 0. The van der Waals surface area contributed by atoms with Gasteiger partial charge in [0.2, 0.25) is 0 Å². The first-order chi connectivity index (χ1) is 11.0. The van der Waals surface area contributed by atoms with E-state index >= 15 is 0 Å². The van der Waals surface area contributed by atoms with Crippen LogP contribution in [0, 0.1) is 5.82 Å². The lowest BCUT2D eigenvalue weighted by atomic mass is 10.2. The Morgan fingerprint density at radius 3 is 2.62 bits per heavy atom. The molecule has 1 aliphatic heterocycles. The second-order valence-corrected chi connectivity index (χ2v) is 13.1. The maximum atomic E-state index is 13.8. The first-order valence-electron chi connectivity index (χ1n) is 8.55. The van der Waals surface area contributed by atoms with E-state index in [1.165, 1.54) is 6.07 Å². The first kappa shape index (κ1) is 19.3. The van der Waals surface area contributed by atoms with Gasteiger partial charge >= 0.3 is 0 Å². The van der Waals surface area contributed by atoms with Crippen LogP contribution in [0.2, 0.25) is 18.1 Å². The number of benzene rings is 1. The van der Waals surface area contributed by atoms with Gasteiger partial charge in [0.25, 0.3) is 0 Å². The topological polar surface area (TPSA) is 47.7 Å². The van der Waals surface area contributed by atoms with Gasteiger partial charge in [-0.3, -0.25) is 0 Å². The third-order valence-corrected chi connectivity index (χ3v) is 9.84. The highest BCUT2D eigenvalue weighted by Gasteiger charge is 2.41. The van der Waals surface area contributed by atoms with E-state index in [1.54, 1.807) is 12.1 Å². The van der Waals surface area contributed by atoms with Crippen molar-refractivity contribution in [3.05, 3.63) is 24.0 Å². The fraction of sp³-hybridized carbons (Fsp3) is 0.647. The predicted molar refractivity (Wildman–Crippen MR) is 102 cm³/mol. The van der Waals surface area contributed by atoms with Crippen molar-refractivity contribution in [3.8, 4) is 5.75 Å². The van der Waals surface area contributed by atoms with Gasteiger partial charge < -0.3 is 19.7 Å². The second-order valence-electron chi connectivity index (χ2n) is 8.33. The molecule has 1 fully saturated rings. The Morgan fingerprint density at radius 2 is 2.04 bits per heavy atom. The molecule has 134 valence electrons. The zero-order valence-electron chi connectivity index (χ0n) is 15.7. The van der Waals surface area contributed by atoms with Gasteiger partial charge in [-0.2, -0.15) is 0 Å². The van der Waals surface area contributed by atoms with Crippen molar-refractivity contribution in [2.24, 2.45) is 0 Å². The highest BCUT2D eigenvalue weighted by Crippen LogP contribution is 2.38. The number of hydrogen-bond donors (Lipinski definition) is 1. The van der Waals surface area contributed by atoms with Crippen LogP contribution < -0.4 is 10.5 Å². The average Bonchev–Trinajstić information content (AvgIpc) is 2.76. The van der Waals surface area contributed by atoms with Crippen LogP contribution in [-0.4, -0.2) is 46.4 Å². The van der Waals surface area contributed by atoms with Gasteiger partial charge in [0, 0.05) is 24.3 Å². The fourth-order valence-corrected chi connectivity index (χ4v) is 4.08. The summed E-state index contributed by atoms with van der Waals surface area (Å²) < 4.78 is 26.0. The number of hydrogen-bond acceptors (Lipinski definition) is 4. The standard InChI is InChI=1S/C17H30BFN2O2Si/c1-17(2,3)24(4,5)23-14-9-13(21(18)10-14)11-22-16-7-6-12(20)8-15(16)19/h6-8,13-14H,9-11,18,20H2,1-5H3/t13-,14+/m0/s1. The monoisotopic (exact) mass is 352 g/mol. The summed E-state index contributed by atoms with van der Waals surface area (Å²) in [6, 6.07) is 4.76. The molecule has 0 aromatic heterocycles. The Morgan fingerprint density at radius 1 is 1.38 bits per heavy atom. The Hall–Kier alpha value is -1.05. The van der Waals surface area contributed by atoms with E-state index in [9.17, 15) is 4.39 Å². The molecule has 0 unspecified atom stereocenters. The summed E-state index contributed by atoms with van der Waals surface area (Å²) in [5.74, 6) is -0.156. The molecule has 0 bridgehead atoms. The predicted octanol–water partition coefficient (Wildman–Crippen LogP) is 2.80. The van der Waals surface area contributed by atoms with E-state index in [-0.39, 0.29) is 22.9 Å². The summed E-state index contributed by atoms with van der Waals surface area (Å²) in [5.41, 5.74) is 5.97. The van der Waals surface area contributed by atoms with Gasteiger partial charge in [-0.15, -0.1) is 0 Å². The minimum Gasteiger partial charge on any atom is -0.489 e. The zero-order chi connectivity index (χ0) is 18.1. The quantitative estimate of drug-likeness (QED) is 0.654. The van der Waals surface area contributed by atoms with Crippen molar-refractivity contribution >= 4 is 22.0 Å². The number of nitrogens with zero attached hydrogens (tertiary/aromatic N) is 1. The smallest absolute Gasteiger partial charge is 0.192 e. The van der Waals surface area contributed by atoms with Gasteiger partial charge in [0.1, 0.15) is 6.61 Å². The summed E-state index contributed by atoms with van der Waals surface area (Å²) in [4.78, 5) is 2.24. The molecule has 2 rings (SSSR count). The lowest BCUT2D eigenvalue weighted by molar-refractivity contribution is 0.190. The maximum Gasteiger partial charge on any atom is 0.192 e. The van der Waals surface area contributed by atoms with Crippen LogP contribution >= 0.6 is 0 Å². The van der Waals surface area contributed by atoms with Crippen molar-refractivity contribution in [2.45, 2.75) is 57.5 Å². The van der Waals surface area contributed by atoms with E-state index in [0.717, 1.165) is 13.0 Å². The van der Waals surface area contributed by atoms with E-state index in [0.29, 0.717) is 12.3 Å². The van der Waals surface area contributed by atoms with Crippen molar-refractivity contribution in [3.63, 3.8) is 0 Å². The molecule has 0 spiro atoms. The average molecular weight is 352 g/mol. The van der Waals surface area contributed by atoms with Gasteiger partial charge in [-0.1, -0.05) is 20.8 Å². The van der Waals surface area contributed by atoms with Crippen LogP contribution in [-0.2, 0) is 4.43 Å². The molecule has 4 nitrogen and oxygen atoms in total. The van der Waals surface area contributed by atoms with Gasteiger partial charge in [0.15, 0.2) is 27.9 Å². The minimum atomic E-state index is -1.77.